The number of aliphatic hydroxyl groups is 1. The van der Waals surface area contributed by atoms with Gasteiger partial charge >= 0.3 is 0 Å². The van der Waals surface area contributed by atoms with Gasteiger partial charge in [0.2, 0.25) is 0 Å². The van der Waals surface area contributed by atoms with Gasteiger partial charge in [0.1, 0.15) is 5.82 Å². The summed E-state index contributed by atoms with van der Waals surface area (Å²) in [4.78, 5) is 0. The van der Waals surface area contributed by atoms with E-state index in [4.69, 9.17) is 4.74 Å². The molecular formula is C14H21F2NO2. The lowest BCUT2D eigenvalue weighted by molar-refractivity contribution is 0.108. The predicted octanol–water partition coefficient (Wildman–Crippen LogP) is 2.48. The Kier molecular flexibility index (Phi) is 5.69. The third-order valence-corrected chi connectivity index (χ3v) is 2.91. The highest BCUT2D eigenvalue weighted by atomic mass is 19.1. The lowest BCUT2D eigenvalue weighted by Crippen LogP contribution is -2.48. The first-order valence-electron chi connectivity index (χ1n) is 6.38. The standard InChI is InChI=1S/C14H21F2NO2/c1-4-17-14(3,9-18)8-10(2)19-13-6-5-11(15)7-12(13)16/h5-7,10,17-18H,4,8-9H2,1-3H3. The Hall–Kier alpha value is -1.20. The zero-order chi connectivity index (χ0) is 14.5. The van der Waals surface area contributed by atoms with E-state index in [0.717, 1.165) is 12.1 Å². The minimum absolute atomic E-state index is 0.0192. The van der Waals surface area contributed by atoms with Crippen molar-refractivity contribution in [3.63, 3.8) is 0 Å². The second kappa shape index (κ2) is 6.82. The third-order valence-electron chi connectivity index (χ3n) is 2.91. The van der Waals surface area contributed by atoms with E-state index in [9.17, 15) is 13.9 Å². The number of benzene rings is 1. The normalized spacial score (nSPS) is 15.9. The van der Waals surface area contributed by atoms with Crippen molar-refractivity contribution >= 4 is 0 Å². The summed E-state index contributed by atoms with van der Waals surface area (Å²) in [5.41, 5.74) is -0.481. The summed E-state index contributed by atoms with van der Waals surface area (Å²) >= 11 is 0. The van der Waals surface area contributed by atoms with E-state index in [-0.39, 0.29) is 18.5 Å². The molecule has 5 heteroatoms. The van der Waals surface area contributed by atoms with E-state index in [2.05, 4.69) is 5.32 Å². The van der Waals surface area contributed by atoms with E-state index in [0.29, 0.717) is 13.0 Å². The lowest BCUT2D eigenvalue weighted by Gasteiger charge is -2.31. The summed E-state index contributed by atoms with van der Waals surface area (Å²) in [5, 5.41) is 12.5. The second-order valence-corrected chi connectivity index (χ2v) is 4.96. The smallest absolute Gasteiger partial charge is 0.167 e. The molecule has 2 atom stereocenters. The number of hydrogen-bond donors (Lipinski definition) is 2. The fraction of sp³-hybridized carbons (Fsp3) is 0.571. The number of likely N-dealkylation sites (N-methyl/N-ethyl adjacent to an activating group) is 1. The van der Waals surface area contributed by atoms with Crippen LogP contribution in [0.3, 0.4) is 0 Å². The number of halogens is 2. The first-order valence-corrected chi connectivity index (χ1v) is 6.38. The van der Waals surface area contributed by atoms with Crippen LogP contribution in [0.4, 0.5) is 8.78 Å². The molecule has 0 saturated heterocycles. The van der Waals surface area contributed by atoms with Crippen molar-refractivity contribution in [2.75, 3.05) is 13.2 Å². The first-order chi connectivity index (χ1) is 8.90. The van der Waals surface area contributed by atoms with Gasteiger partial charge in [-0.1, -0.05) is 6.92 Å². The first kappa shape index (κ1) is 15.9. The van der Waals surface area contributed by atoms with Crippen molar-refractivity contribution in [3.05, 3.63) is 29.8 Å². The molecule has 19 heavy (non-hydrogen) atoms. The van der Waals surface area contributed by atoms with Crippen molar-refractivity contribution in [2.24, 2.45) is 0 Å². The highest BCUT2D eigenvalue weighted by Gasteiger charge is 2.26. The van der Waals surface area contributed by atoms with Crippen LogP contribution in [0.5, 0.6) is 5.75 Å². The van der Waals surface area contributed by atoms with Crippen LogP contribution in [-0.4, -0.2) is 29.9 Å². The number of ether oxygens (including phenoxy) is 1. The third kappa shape index (κ3) is 4.76. The Morgan fingerprint density at radius 3 is 2.63 bits per heavy atom. The molecule has 0 spiro atoms. The molecule has 0 amide bonds. The average Bonchev–Trinajstić information content (AvgIpc) is 2.33. The predicted molar refractivity (Wildman–Crippen MR) is 70.2 cm³/mol. The zero-order valence-corrected chi connectivity index (χ0v) is 11.5. The summed E-state index contributed by atoms with van der Waals surface area (Å²) in [7, 11) is 0. The lowest BCUT2D eigenvalue weighted by atomic mass is 9.95. The number of aliphatic hydroxyl groups excluding tert-OH is 1. The molecule has 0 radical (unpaired) electrons. The summed E-state index contributed by atoms with van der Waals surface area (Å²) in [6.07, 6.45) is 0.199. The summed E-state index contributed by atoms with van der Waals surface area (Å²) < 4.78 is 31.7. The van der Waals surface area contributed by atoms with Gasteiger partial charge in [0, 0.05) is 18.0 Å². The zero-order valence-electron chi connectivity index (χ0n) is 11.5. The SMILES string of the molecule is CCNC(C)(CO)CC(C)Oc1ccc(F)cc1F. The second-order valence-electron chi connectivity index (χ2n) is 4.96. The molecule has 0 fully saturated rings. The maximum absolute atomic E-state index is 13.4. The highest BCUT2D eigenvalue weighted by molar-refractivity contribution is 5.24. The van der Waals surface area contributed by atoms with Gasteiger partial charge in [0.25, 0.3) is 0 Å². The Balaban J connectivity index is 2.66. The fourth-order valence-corrected chi connectivity index (χ4v) is 2.08. The molecule has 0 aliphatic heterocycles. The van der Waals surface area contributed by atoms with Gasteiger partial charge < -0.3 is 15.2 Å². The van der Waals surface area contributed by atoms with Crippen LogP contribution in [0, 0.1) is 11.6 Å². The van der Waals surface area contributed by atoms with Gasteiger partial charge in [-0.3, -0.25) is 0 Å². The van der Waals surface area contributed by atoms with Crippen LogP contribution < -0.4 is 10.1 Å². The van der Waals surface area contributed by atoms with Gasteiger partial charge in [-0.2, -0.15) is 0 Å². The molecule has 108 valence electrons. The molecule has 3 nitrogen and oxygen atoms in total. The maximum Gasteiger partial charge on any atom is 0.167 e. The van der Waals surface area contributed by atoms with Crippen molar-refractivity contribution in [3.8, 4) is 5.75 Å². The van der Waals surface area contributed by atoms with E-state index in [1.807, 2.05) is 13.8 Å². The molecule has 0 heterocycles. The molecule has 0 aliphatic rings. The van der Waals surface area contributed by atoms with Crippen molar-refractivity contribution in [1.82, 2.24) is 5.32 Å². The van der Waals surface area contributed by atoms with Crippen LogP contribution in [0.1, 0.15) is 27.2 Å². The maximum atomic E-state index is 13.4. The van der Waals surface area contributed by atoms with Crippen molar-refractivity contribution in [1.29, 1.82) is 0 Å². The van der Waals surface area contributed by atoms with Crippen LogP contribution in [0.25, 0.3) is 0 Å². The number of nitrogens with one attached hydrogen (secondary N) is 1. The van der Waals surface area contributed by atoms with Crippen LogP contribution in [0.2, 0.25) is 0 Å². The van der Waals surface area contributed by atoms with Crippen molar-refractivity contribution < 1.29 is 18.6 Å². The average molecular weight is 273 g/mol. The largest absolute Gasteiger partial charge is 0.488 e. The minimum Gasteiger partial charge on any atom is -0.488 e. The number of rotatable bonds is 7. The molecule has 0 saturated carbocycles. The molecule has 0 aromatic heterocycles. The molecule has 1 aromatic carbocycles. The van der Waals surface area contributed by atoms with E-state index < -0.39 is 17.2 Å². The van der Waals surface area contributed by atoms with Crippen LogP contribution >= 0.6 is 0 Å². The summed E-state index contributed by atoms with van der Waals surface area (Å²) in [6.45, 7) is 6.28. The van der Waals surface area contributed by atoms with Crippen LogP contribution in [0.15, 0.2) is 18.2 Å². The van der Waals surface area contributed by atoms with E-state index >= 15 is 0 Å². The quantitative estimate of drug-likeness (QED) is 0.802. The molecular weight excluding hydrogens is 252 g/mol. The number of hydrogen-bond acceptors (Lipinski definition) is 3. The minimum atomic E-state index is -0.721. The monoisotopic (exact) mass is 273 g/mol. The van der Waals surface area contributed by atoms with E-state index in [1.165, 1.54) is 6.07 Å². The van der Waals surface area contributed by atoms with E-state index in [1.54, 1.807) is 6.92 Å². The Labute approximate surface area is 112 Å². The van der Waals surface area contributed by atoms with Gasteiger partial charge in [-0.15, -0.1) is 0 Å². The Morgan fingerprint density at radius 2 is 2.11 bits per heavy atom. The topological polar surface area (TPSA) is 41.5 Å². The summed E-state index contributed by atoms with van der Waals surface area (Å²) in [5.74, 6) is -1.34. The Morgan fingerprint density at radius 1 is 1.42 bits per heavy atom. The van der Waals surface area contributed by atoms with Gasteiger partial charge in [-0.05, 0) is 32.5 Å². The molecule has 2 N–H and O–H groups in total. The highest BCUT2D eigenvalue weighted by Crippen LogP contribution is 2.22. The fourth-order valence-electron chi connectivity index (χ4n) is 2.08. The summed E-state index contributed by atoms with van der Waals surface area (Å²) in [6, 6.07) is 3.21. The van der Waals surface area contributed by atoms with Gasteiger partial charge in [-0.25, -0.2) is 8.78 Å². The van der Waals surface area contributed by atoms with Crippen molar-refractivity contribution in [2.45, 2.75) is 38.8 Å². The van der Waals surface area contributed by atoms with Gasteiger partial charge in [0.05, 0.1) is 12.7 Å². The van der Waals surface area contributed by atoms with Gasteiger partial charge in [0.15, 0.2) is 11.6 Å². The molecule has 1 aromatic rings. The Bertz CT molecular complexity index is 414. The molecule has 0 bridgehead atoms. The molecule has 0 aliphatic carbocycles. The molecule has 1 rings (SSSR count). The van der Waals surface area contributed by atoms with Crippen LogP contribution in [-0.2, 0) is 0 Å². The molecule has 2 unspecified atom stereocenters.